The molecule has 0 bridgehead atoms. The third-order valence-corrected chi connectivity index (χ3v) is 4.50. The fourth-order valence-corrected chi connectivity index (χ4v) is 3.15. The zero-order valence-electron chi connectivity index (χ0n) is 11.7. The van der Waals surface area contributed by atoms with Gasteiger partial charge in [-0.15, -0.1) is 0 Å². The summed E-state index contributed by atoms with van der Waals surface area (Å²) in [5.74, 6) is 0. The first kappa shape index (κ1) is 12.9. The Kier molecular flexibility index (Phi) is 3.71. The zero-order valence-corrected chi connectivity index (χ0v) is 11.7. The van der Waals surface area contributed by atoms with E-state index >= 15 is 0 Å². The smallest absolute Gasteiger partial charge is 0.0641 e. The van der Waals surface area contributed by atoms with Crippen molar-refractivity contribution in [3.63, 3.8) is 0 Å². The number of likely N-dealkylation sites (tertiary alicyclic amines) is 1. The fraction of sp³-hybridized carbons (Fsp3) is 0.667. The molecule has 0 aromatic carbocycles. The highest BCUT2D eigenvalue weighted by Gasteiger charge is 2.37. The molecule has 0 atom stereocenters. The van der Waals surface area contributed by atoms with Crippen LogP contribution in [0.25, 0.3) is 0 Å². The monoisotopic (exact) mass is 261 g/mol. The topological polar surface area (TPSA) is 28.6 Å². The van der Waals surface area contributed by atoms with E-state index in [1.807, 2.05) is 18.5 Å². The Hall–Kier alpha value is -1.13. The summed E-state index contributed by atoms with van der Waals surface area (Å²) in [6, 6.07) is 4.17. The number of rotatable bonds is 1. The van der Waals surface area contributed by atoms with Crippen LogP contribution in [-0.4, -0.2) is 56.3 Å². The van der Waals surface area contributed by atoms with Crippen LogP contribution in [0.1, 0.15) is 12.8 Å². The maximum Gasteiger partial charge on any atom is 0.0641 e. The lowest BCUT2D eigenvalue weighted by atomic mass is 9.78. The average molecular weight is 261 g/mol. The Labute approximate surface area is 115 Å². The molecule has 1 aromatic rings. The minimum absolute atomic E-state index is 0.332. The van der Waals surface area contributed by atoms with Gasteiger partial charge < -0.3 is 14.5 Å². The van der Waals surface area contributed by atoms with Gasteiger partial charge in [-0.1, -0.05) is 0 Å². The molecule has 1 aromatic heterocycles. The van der Waals surface area contributed by atoms with Crippen molar-refractivity contribution in [2.75, 3.05) is 51.3 Å². The van der Waals surface area contributed by atoms with E-state index in [2.05, 4.69) is 27.9 Å². The van der Waals surface area contributed by atoms with E-state index in [1.165, 1.54) is 31.6 Å². The van der Waals surface area contributed by atoms with Gasteiger partial charge in [0.2, 0.25) is 0 Å². The van der Waals surface area contributed by atoms with Crippen LogP contribution < -0.4 is 4.90 Å². The Morgan fingerprint density at radius 1 is 1.26 bits per heavy atom. The highest BCUT2D eigenvalue weighted by molar-refractivity contribution is 5.44. The molecule has 3 rings (SSSR count). The predicted molar refractivity (Wildman–Crippen MR) is 76.4 cm³/mol. The maximum absolute atomic E-state index is 5.89. The van der Waals surface area contributed by atoms with Crippen molar-refractivity contribution in [2.24, 2.45) is 5.41 Å². The van der Waals surface area contributed by atoms with Crippen LogP contribution in [-0.2, 0) is 4.74 Å². The van der Waals surface area contributed by atoms with Gasteiger partial charge in [-0.3, -0.25) is 4.98 Å². The van der Waals surface area contributed by atoms with Gasteiger partial charge in [-0.25, -0.2) is 0 Å². The summed E-state index contributed by atoms with van der Waals surface area (Å²) >= 11 is 0. The Morgan fingerprint density at radius 3 is 2.84 bits per heavy atom. The van der Waals surface area contributed by atoms with Gasteiger partial charge >= 0.3 is 0 Å². The first-order chi connectivity index (χ1) is 9.27. The summed E-state index contributed by atoms with van der Waals surface area (Å²) in [4.78, 5) is 9.12. The summed E-state index contributed by atoms with van der Waals surface area (Å²) in [6.07, 6.45) is 6.28. The van der Waals surface area contributed by atoms with E-state index in [1.54, 1.807) is 0 Å². The van der Waals surface area contributed by atoms with E-state index in [-0.39, 0.29) is 0 Å². The normalized spacial score (nSPS) is 24.4. The number of hydrogen-bond donors (Lipinski definition) is 0. The molecule has 104 valence electrons. The van der Waals surface area contributed by atoms with E-state index in [0.717, 1.165) is 26.3 Å². The Balaban J connectivity index is 1.76. The minimum Gasteiger partial charge on any atom is -0.379 e. The predicted octanol–water partition coefficient (Wildman–Crippen LogP) is 1.63. The molecule has 1 spiro atoms. The van der Waals surface area contributed by atoms with E-state index in [0.29, 0.717) is 5.41 Å². The molecule has 0 amide bonds. The van der Waals surface area contributed by atoms with Crippen molar-refractivity contribution in [2.45, 2.75) is 12.8 Å². The molecule has 2 aliphatic heterocycles. The standard InChI is InChI=1S/C15H23N3O/c1-17-7-4-15(5-8-17)12-18(9-10-19-13-15)14-3-2-6-16-11-14/h2-3,6,11H,4-5,7-10,12-13H2,1H3. The molecule has 2 aliphatic rings. The number of pyridine rings is 1. The van der Waals surface area contributed by atoms with Gasteiger partial charge in [0.15, 0.2) is 0 Å². The van der Waals surface area contributed by atoms with Crippen LogP contribution in [0, 0.1) is 5.41 Å². The van der Waals surface area contributed by atoms with Crippen molar-refractivity contribution >= 4 is 5.69 Å². The lowest BCUT2D eigenvalue weighted by Gasteiger charge is -2.41. The summed E-state index contributed by atoms with van der Waals surface area (Å²) in [7, 11) is 2.21. The second-order valence-corrected chi connectivity index (χ2v) is 5.99. The van der Waals surface area contributed by atoms with Gasteiger partial charge in [0.1, 0.15) is 0 Å². The molecule has 0 saturated carbocycles. The minimum atomic E-state index is 0.332. The quantitative estimate of drug-likeness (QED) is 0.768. The maximum atomic E-state index is 5.89. The van der Waals surface area contributed by atoms with E-state index in [4.69, 9.17) is 4.74 Å². The molecule has 4 heteroatoms. The van der Waals surface area contributed by atoms with Gasteiger partial charge in [-0.2, -0.15) is 0 Å². The lowest BCUT2D eigenvalue weighted by Crippen LogP contribution is -2.46. The SMILES string of the molecule is CN1CCC2(CC1)COCCN(c1cccnc1)C2. The number of piperidine rings is 1. The van der Waals surface area contributed by atoms with Crippen molar-refractivity contribution < 1.29 is 4.74 Å². The molecule has 3 heterocycles. The number of nitrogens with zero attached hydrogens (tertiary/aromatic N) is 3. The molecule has 4 nitrogen and oxygen atoms in total. The number of anilines is 1. The van der Waals surface area contributed by atoms with Crippen molar-refractivity contribution in [1.29, 1.82) is 0 Å². The van der Waals surface area contributed by atoms with Crippen LogP contribution in [0.3, 0.4) is 0 Å². The largest absolute Gasteiger partial charge is 0.379 e. The molecule has 0 aliphatic carbocycles. The summed E-state index contributed by atoms with van der Waals surface area (Å²) in [5, 5.41) is 0. The molecule has 19 heavy (non-hydrogen) atoms. The Morgan fingerprint density at radius 2 is 2.11 bits per heavy atom. The summed E-state index contributed by atoms with van der Waals surface area (Å²) in [5.41, 5.74) is 1.56. The number of ether oxygens (including phenoxy) is 1. The van der Waals surface area contributed by atoms with Gasteiger partial charge in [0.25, 0.3) is 0 Å². The number of aromatic nitrogens is 1. The highest BCUT2D eigenvalue weighted by Crippen LogP contribution is 2.35. The van der Waals surface area contributed by atoms with Gasteiger partial charge in [-0.05, 0) is 45.1 Å². The third kappa shape index (κ3) is 2.90. The summed E-state index contributed by atoms with van der Waals surface area (Å²) < 4.78 is 5.89. The van der Waals surface area contributed by atoms with Crippen molar-refractivity contribution in [3.05, 3.63) is 24.5 Å². The average Bonchev–Trinajstić information content (AvgIpc) is 2.67. The summed E-state index contributed by atoms with van der Waals surface area (Å²) in [6.45, 7) is 6.19. The Bertz CT molecular complexity index is 401. The zero-order chi connectivity index (χ0) is 13.1. The molecular weight excluding hydrogens is 238 g/mol. The van der Waals surface area contributed by atoms with Crippen molar-refractivity contribution in [3.8, 4) is 0 Å². The molecule has 0 N–H and O–H groups in total. The molecule has 2 saturated heterocycles. The second-order valence-electron chi connectivity index (χ2n) is 5.99. The molecule has 2 fully saturated rings. The molecule has 0 unspecified atom stereocenters. The first-order valence-corrected chi connectivity index (χ1v) is 7.19. The van der Waals surface area contributed by atoms with E-state index < -0.39 is 0 Å². The van der Waals surface area contributed by atoms with Gasteiger partial charge in [0, 0.05) is 24.7 Å². The van der Waals surface area contributed by atoms with Crippen molar-refractivity contribution in [1.82, 2.24) is 9.88 Å². The highest BCUT2D eigenvalue weighted by atomic mass is 16.5. The van der Waals surface area contributed by atoms with Crippen LogP contribution in [0.4, 0.5) is 5.69 Å². The number of hydrogen-bond acceptors (Lipinski definition) is 4. The van der Waals surface area contributed by atoms with E-state index in [9.17, 15) is 0 Å². The molecular formula is C15H23N3O. The van der Waals surface area contributed by atoms with Crippen LogP contribution >= 0.6 is 0 Å². The fourth-order valence-electron chi connectivity index (χ4n) is 3.15. The van der Waals surface area contributed by atoms with Crippen LogP contribution in [0.15, 0.2) is 24.5 Å². The third-order valence-electron chi connectivity index (χ3n) is 4.50. The first-order valence-electron chi connectivity index (χ1n) is 7.19. The van der Waals surface area contributed by atoms with Crippen LogP contribution in [0.2, 0.25) is 0 Å². The molecule has 0 radical (unpaired) electrons. The van der Waals surface area contributed by atoms with Gasteiger partial charge in [0.05, 0.1) is 25.1 Å². The van der Waals surface area contributed by atoms with Crippen LogP contribution in [0.5, 0.6) is 0 Å². The second kappa shape index (κ2) is 5.47. The lowest BCUT2D eigenvalue weighted by molar-refractivity contribution is 0.0278.